The number of rotatable bonds is 5. The summed E-state index contributed by atoms with van der Waals surface area (Å²) in [4.78, 5) is 23.8. The first-order valence-corrected chi connectivity index (χ1v) is 7.41. The van der Waals surface area contributed by atoms with Gasteiger partial charge in [-0.15, -0.1) is 0 Å². The third kappa shape index (κ3) is 4.32. The average Bonchev–Trinajstić information content (AvgIpc) is 2.84. The van der Waals surface area contributed by atoms with E-state index in [9.17, 15) is 9.59 Å². The summed E-state index contributed by atoms with van der Waals surface area (Å²) in [7, 11) is 0. The Morgan fingerprint density at radius 2 is 1.96 bits per heavy atom. The molecular weight excluding hydrogens is 320 g/mol. The lowest BCUT2D eigenvalue weighted by Crippen LogP contribution is -2.31. The predicted molar refractivity (Wildman–Crippen MR) is 84.3 cm³/mol. The fraction of sp³-hybridized carbons (Fsp3) is 0.312. The highest BCUT2D eigenvalue weighted by molar-refractivity contribution is 6.30. The van der Waals surface area contributed by atoms with E-state index in [1.165, 1.54) is 0 Å². The number of halogens is 1. The number of hydrogen-bond donors (Lipinski definition) is 1. The topological polar surface area (TPSA) is 81.4 Å². The summed E-state index contributed by atoms with van der Waals surface area (Å²) in [5, 5.41) is 7.05. The Kier molecular flexibility index (Phi) is 5.39. The predicted octanol–water partition coefficient (Wildman–Crippen LogP) is 2.98. The van der Waals surface area contributed by atoms with E-state index in [-0.39, 0.29) is 18.2 Å². The summed E-state index contributed by atoms with van der Waals surface area (Å²) in [6.45, 7) is 4.70. The molecule has 1 N–H and O–H groups in total. The van der Waals surface area contributed by atoms with E-state index in [4.69, 9.17) is 20.9 Å². The van der Waals surface area contributed by atoms with E-state index < -0.39 is 11.9 Å². The van der Waals surface area contributed by atoms with Crippen molar-refractivity contribution in [2.75, 3.05) is 6.61 Å². The first-order valence-electron chi connectivity index (χ1n) is 7.03. The molecule has 0 aliphatic carbocycles. The minimum Gasteiger partial charge on any atom is -0.452 e. The van der Waals surface area contributed by atoms with E-state index in [1.54, 1.807) is 26.0 Å². The van der Waals surface area contributed by atoms with Gasteiger partial charge in [0.05, 0.1) is 11.7 Å². The van der Waals surface area contributed by atoms with Crippen LogP contribution in [0.1, 0.15) is 40.3 Å². The van der Waals surface area contributed by atoms with Crippen molar-refractivity contribution < 1.29 is 18.8 Å². The molecule has 0 aliphatic heterocycles. The number of esters is 1. The van der Waals surface area contributed by atoms with Crippen molar-refractivity contribution >= 4 is 23.5 Å². The van der Waals surface area contributed by atoms with Crippen LogP contribution in [0, 0.1) is 13.8 Å². The van der Waals surface area contributed by atoms with Crippen molar-refractivity contribution in [2.45, 2.75) is 26.8 Å². The first kappa shape index (κ1) is 17.0. The molecule has 0 radical (unpaired) electrons. The molecule has 2 rings (SSSR count). The van der Waals surface area contributed by atoms with Crippen LogP contribution in [-0.4, -0.2) is 23.6 Å². The van der Waals surface area contributed by atoms with Crippen LogP contribution in [0.5, 0.6) is 0 Å². The van der Waals surface area contributed by atoms with Crippen LogP contribution < -0.4 is 5.32 Å². The lowest BCUT2D eigenvalue weighted by Gasteiger charge is -2.14. The molecule has 1 aromatic heterocycles. The normalized spacial score (nSPS) is 11.8. The number of carbonyl (C=O) groups is 2. The number of aryl methyl sites for hydroxylation is 2. The second-order valence-electron chi connectivity index (χ2n) is 5.12. The van der Waals surface area contributed by atoms with E-state index >= 15 is 0 Å². The van der Waals surface area contributed by atoms with Gasteiger partial charge in [-0.3, -0.25) is 4.79 Å². The molecule has 23 heavy (non-hydrogen) atoms. The molecule has 7 heteroatoms. The largest absolute Gasteiger partial charge is 0.452 e. The Hall–Kier alpha value is -2.34. The van der Waals surface area contributed by atoms with Crippen LogP contribution in [0.3, 0.4) is 0 Å². The van der Waals surface area contributed by atoms with E-state index in [1.807, 2.05) is 19.1 Å². The Labute approximate surface area is 138 Å². The lowest BCUT2D eigenvalue weighted by atomic mass is 10.1. The third-order valence-corrected chi connectivity index (χ3v) is 3.57. The Morgan fingerprint density at radius 1 is 1.30 bits per heavy atom. The quantitative estimate of drug-likeness (QED) is 0.849. The molecule has 122 valence electrons. The van der Waals surface area contributed by atoms with Crippen molar-refractivity contribution in [1.29, 1.82) is 0 Å². The summed E-state index contributed by atoms with van der Waals surface area (Å²) < 4.78 is 9.89. The summed E-state index contributed by atoms with van der Waals surface area (Å²) in [5.41, 5.74) is 1.59. The fourth-order valence-electron chi connectivity index (χ4n) is 2.10. The standard InChI is InChI=1S/C16H17ClN2O4/c1-9(12-4-6-13(17)7-5-12)18-14(20)8-22-16(21)15-10(2)19-23-11(15)3/h4-7,9H,8H2,1-3H3,(H,18,20)/t9-/m1/s1. The summed E-state index contributed by atoms with van der Waals surface area (Å²) in [6, 6.07) is 6.91. The van der Waals surface area contributed by atoms with Crippen LogP contribution in [0.15, 0.2) is 28.8 Å². The van der Waals surface area contributed by atoms with Gasteiger partial charge >= 0.3 is 5.97 Å². The number of ether oxygens (including phenoxy) is 1. The second kappa shape index (κ2) is 7.28. The minimum atomic E-state index is -0.629. The number of nitrogens with one attached hydrogen (secondary N) is 1. The SMILES string of the molecule is Cc1noc(C)c1C(=O)OCC(=O)N[C@H](C)c1ccc(Cl)cc1. The van der Waals surface area contributed by atoms with E-state index in [0.717, 1.165) is 5.56 Å². The number of hydrogen-bond acceptors (Lipinski definition) is 5. The number of carbonyl (C=O) groups excluding carboxylic acids is 2. The number of amides is 1. The molecule has 6 nitrogen and oxygen atoms in total. The number of aromatic nitrogens is 1. The molecule has 1 amide bonds. The molecule has 0 aliphatic rings. The number of benzene rings is 1. The highest BCUT2D eigenvalue weighted by Gasteiger charge is 2.20. The van der Waals surface area contributed by atoms with Gasteiger partial charge in [-0.25, -0.2) is 4.79 Å². The van der Waals surface area contributed by atoms with E-state index in [0.29, 0.717) is 16.5 Å². The van der Waals surface area contributed by atoms with Gasteiger partial charge in [0.1, 0.15) is 11.3 Å². The summed E-state index contributed by atoms with van der Waals surface area (Å²) in [6.07, 6.45) is 0. The number of nitrogens with zero attached hydrogens (tertiary/aromatic N) is 1. The monoisotopic (exact) mass is 336 g/mol. The molecule has 0 fully saturated rings. The maximum Gasteiger partial charge on any atom is 0.344 e. The van der Waals surface area contributed by atoms with Gasteiger partial charge < -0.3 is 14.6 Å². The van der Waals surface area contributed by atoms with Gasteiger partial charge in [0, 0.05) is 5.02 Å². The fourth-order valence-corrected chi connectivity index (χ4v) is 2.22. The van der Waals surface area contributed by atoms with Crippen LogP contribution in [-0.2, 0) is 9.53 Å². The van der Waals surface area contributed by atoms with Gasteiger partial charge in [0.2, 0.25) is 0 Å². The maximum absolute atomic E-state index is 11.9. The first-order chi connectivity index (χ1) is 10.9. The zero-order valence-corrected chi connectivity index (χ0v) is 13.8. The summed E-state index contributed by atoms with van der Waals surface area (Å²) in [5.74, 6) is -0.662. The maximum atomic E-state index is 11.9. The molecule has 0 spiro atoms. The molecule has 0 bridgehead atoms. The Balaban J connectivity index is 1.87. The van der Waals surface area contributed by atoms with Crippen molar-refractivity contribution in [3.05, 3.63) is 51.9 Å². The van der Waals surface area contributed by atoms with Crippen LogP contribution in [0.4, 0.5) is 0 Å². The van der Waals surface area contributed by atoms with Crippen LogP contribution in [0.2, 0.25) is 5.02 Å². The van der Waals surface area contributed by atoms with Crippen LogP contribution in [0.25, 0.3) is 0 Å². The molecule has 0 saturated heterocycles. The van der Waals surface area contributed by atoms with Gasteiger partial charge in [-0.2, -0.15) is 0 Å². The molecule has 1 heterocycles. The van der Waals surface area contributed by atoms with Crippen molar-refractivity contribution in [1.82, 2.24) is 10.5 Å². The van der Waals surface area contributed by atoms with Crippen molar-refractivity contribution in [3.63, 3.8) is 0 Å². The Bertz CT molecular complexity index is 690. The molecule has 0 saturated carbocycles. The van der Waals surface area contributed by atoms with E-state index in [2.05, 4.69) is 10.5 Å². The zero-order chi connectivity index (χ0) is 17.0. The third-order valence-electron chi connectivity index (χ3n) is 3.32. The highest BCUT2D eigenvalue weighted by Crippen LogP contribution is 2.16. The molecule has 2 aromatic rings. The van der Waals surface area contributed by atoms with Gasteiger partial charge in [0.25, 0.3) is 5.91 Å². The average molecular weight is 337 g/mol. The van der Waals surface area contributed by atoms with Gasteiger partial charge in [-0.05, 0) is 38.5 Å². The zero-order valence-electron chi connectivity index (χ0n) is 13.1. The van der Waals surface area contributed by atoms with Crippen molar-refractivity contribution in [2.24, 2.45) is 0 Å². The minimum absolute atomic E-state index is 0.225. The lowest BCUT2D eigenvalue weighted by molar-refractivity contribution is -0.124. The molecular formula is C16H17ClN2O4. The van der Waals surface area contributed by atoms with Gasteiger partial charge in [0.15, 0.2) is 6.61 Å². The molecule has 1 aromatic carbocycles. The second-order valence-corrected chi connectivity index (χ2v) is 5.55. The molecule has 1 atom stereocenters. The van der Waals surface area contributed by atoms with Crippen LogP contribution >= 0.6 is 11.6 Å². The van der Waals surface area contributed by atoms with Gasteiger partial charge in [-0.1, -0.05) is 28.9 Å². The Morgan fingerprint density at radius 3 is 2.52 bits per heavy atom. The smallest absolute Gasteiger partial charge is 0.344 e. The summed E-state index contributed by atoms with van der Waals surface area (Å²) >= 11 is 5.82. The van der Waals surface area contributed by atoms with Crippen molar-refractivity contribution in [3.8, 4) is 0 Å². The highest BCUT2D eigenvalue weighted by atomic mass is 35.5. The molecule has 0 unspecified atom stereocenters.